The largest absolute Gasteiger partial charge is 0.494 e. The summed E-state index contributed by atoms with van der Waals surface area (Å²) >= 11 is 0. The molecule has 0 bridgehead atoms. The molecule has 0 fully saturated rings. The number of nitrogens with zero attached hydrogens (tertiary/aromatic N) is 5. The van der Waals surface area contributed by atoms with E-state index in [1.807, 2.05) is 19.1 Å². The Balaban J connectivity index is 1.76. The van der Waals surface area contributed by atoms with Gasteiger partial charge in [-0.1, -0.05) is 0 Å². The van der Waals surface area contributed by atoms with Gasteiger partial charge in [0, 0.05) is 25.0 Å². The quantitative estimate of drug-likeness (QED) is 0.733. The first kappa shape index (κ1) is 16.5. The number of nitriles is 1. The van der Waals surface area contributed by atoms with Crippen LogP contribution >= 0.6 is 0 Å². The summed E-state index contributed by atoms with van der Waals surface area (Å²) in [5.41, 5.74) is 2.23. The molecule has 0 saturated carbocycles. The highest BCUT2D eigenvalue weighted by Gasteiger charge is 2.32. The Kier molecular flexibility index (Phi) is 3.68. The van der Waals surface area contributed by atoms with Gasteiger partial charge in [-0.3, -0.25) is 4.98 Å². The zero-order valence-corrected chi connectivity index (χ0v) is 14.7. The van der Waals surface area contributed by atoms with Crippen LogP contribution in [0.2, 0.25) is 0 Å². The average molecular weight is 369 g/mol. The van der Waals surface area contributed by atoms with Gasteiger partial charge in [0.05, 0.1) is 23.1 Å². The van der Waals surface area contributed by atoms with Crippen LogP contribution in [-0.4, -0.2) is 38.9 Å². The Morgan fingerprint density at radius 1 is 1.23 bits per heavy atom. The minimum atomic E-state index is -3.76. The molecule has 3 aromatic heterocycles. The van der Waals surface area contributed by atoms with Crippen molar-refractivity contribution in [3.8, 4) is 11.9 Å². The van der Waals surface area contributed by atoms with Crippen LogP contribution in [0, 0.1) is 18.3 Å². The van der Waals surface area contributed by atoms with Crippen LogP contribution in [0.15, 0.2) is 35.4 Å². The summed E-state index contributed by atoms with van der Waals surface area (Å²) in [5, 5.41) is 19.8. The molecule has 1 aliphatic heterocycles. The lowest BCUT2D eigenvalue weighted by molar-refractivity contribution is 0.318. The number of aromatic nitrogens is 3. The summed E-state index contributed by atoms with van der Waals surface area (Å²) in [6.45, 7) is 2.51. The van der Waals surface area contributed by atoms with Crippen LogP contribution in [-0.2, 0) is 23.1 Å². The molecule has 1 aliphatic rings. The molecule has 26 heavy (non-hydrogen) atoms. The van der Waals surface area contributed by atoms with Gasteiger partial charge in [0.25, 0.3) is 0 Å². The van der Waals surface area contributed by atoms with Crippen molar-refractivity contribution in [2.75, 3.05) is 6.54 Å². The van der Waals surface area contributed by atoms with Crippen molar-refractivity contribution >= 4 is 20.9 Å². The average Bonchev–Trinajstić information content (AvgIpc) is 2.93. The summed E-state index contributed by atoms with van der Waals surface area (Å²) in [6.07, 6.45) is 1.19. The van der Waals surface area contributed by atoms with Gasteiger partial charge in [-0.05, 0) is 31.2 Å². The Bertz CT molecular complexity index is 1160. The topological polar surface area (TPSA) is 112 Å². The molecule has 0 radical (unpaired) electrons. The number of sulfonamides is 1. The lowest BCUT2D eigenvalue weighted by Gasteiger charge is -2.28. The fourth-order valence-electron chi connectivity index (χ4n) is 3.17. The van der Waals surface area contributed by atoms with Crippen molar-refractivity contribution in [2.45, 2.75) is 24.9 Å². The van der Waals surface area contributed by atoms with E-state index in [0.29, 0.717) is 23.1 Å². The van der Waals surface area contributed by atoms with E-state index >= 15 is 0 Å². The minimum Gasteiger partial charge on any atom is -0.494 e. The Hall–Kier alpha value is -2.96. The lowest BCUT2D eigenvalue weighted by Crippen LogP contribution is -2.38. The van der Waals surface area contributed by atoms with E-state index in [9.17, 15) is 13.5 Å². The first-order valence-electron chi connectivity index (χ1n) is 7.96. The molecule has 3 aromatic rings. The van der Waals surface area contributed by atoms with Gasteiger partial charge in [0.15, 0.2) is 0 Å². The van der Waals surface area contributed by atoms with Crippen molar-refractivity contribution < 1.29 is 13.5 Å². The van der Waals surface area contributed by atoms with Crippen LogP contribution in [0.1, 0.15) is 17.1 Å². The highest BCUT2D eigenvalue weighted by atomic mass is 32.2. The summed E-state index contributed by atoms with van der Waals surface area (Å²) in [7, 11) is -3.76. The lowest BCUT2D eigenvalue weighted by atomic mass is 10.2. The van der Waals surface area contributed by atoms with Crippen LogP contribution in [0.3, 0.4) is 0 Å². The second-order valence-corrected chi connectivity index (χ2v) is 8.04. The Morgan fingerprint density at radius 3 is 2.73 bits per heavy atom. The van der Waals surface area contributed by atoms with E-state index in [2.05, 4.69) is 9.97 Å². The van der Waals surface area contributed by atoms with Gasteiger partial charge in [0.2, 0.25) is 15.9 Å². The van der Waals surface area contributed by atoms with E-state index < -0.39 is 10.0 Å². The number of aryl methyl sites for hydroxylation is 1. The molecule has 0 unspecified atom stereocenters. The molecule has 0 amide bonds. The van der Waals surface area contributed by atoms with Crippen LogP contribution in [0.5, 0.6) is 5.88 Å². The summed E-state index contributed by atoms with van der Waals surface area (Å²) in [4.78, 5) is 8.35. The molecular formula is C17H15N5O3S. The predicted octanol–water partition coefficient (Wildman–Crippen LogP) is 1.52. The Labute approximate surface area is 150 Å². The van der Waals surface area contributed by atoms with Gasteiger partial charge < -0.3 is 9.67 Å². The van der Waals surface area contributed by atoms with Crippen molar-refractivity contribution in [3.63, 3.8) is 0 Å². The van der Waals surface area contributed by atoms with Gasteiger partial charge in [-0.15, -0.1) is 0 Å². The second-order valence-electron chi connectivity index (χ2n) is 6.10. The molecule has 8 nitrogen and oxygen atoms in total. The van der Waals surface area contributed by atoms with E-state index in [-0.39, 0.29) is 29.6 Å². The number of fused-ring (bicyclic) bond motifs is 3. The summed E-state index contributed by atoms with van der Waals surface area (Å²) < 4.78 is 28.9. The number of pyridine rings is 2. The zero-order valence-electron chi connectivity index (χ0n) is 13.9. The molecule has 0 saturated heterocycles. The van der Waals surface area contributed by atoms with Crippen LogP contribution in [0.4, 0.5) is 0 Å². The van der Waals surface area contributed by atoms with Gasteiger partial charge >= 0.3 is 0 Å². The number of rotatable bonds is 2. The van der Waals surface area contributed by atoms with Crippen molar-refractivity contribution in [2.24, 2.45) is 0 Å². The summed E-state index contributed by atoms with van der Waals surface area (Å²) in [6, 6.07) is 8.23. The smallest absolute Gasteiger partial charge is 0.245 e. The SMILES string of the molecule is Cc1ccc2c(O)n3c(c2n1)CN(S(=O)(=O)c1ccc(C#N)nc1)CC3. The fourth-order valence-corrected chi connectivity index (χ4v) is 4.51. The molecule has 0 aromatic carbocycles. The molecule has 0 aliphatic carbocycles. The maximum atomic E-state index is 12.9. The van der Waals surface area contributed by atoms with Crippen molar-refractivity contribution in [1.29, 1.82) is 5.26 Å². The number of aromatic hydroxyl groups is 1. The molecule has 132 valence electrons. The second kappa shape index (κ2) is 5.79. The molecule has 9 heteroatoms. The first-order valence-corrected chi connectivity index (χ1v) is 9.40. The predicted molar refractivity (Wildman–Crippen MR) is 92.7 cm³/mol. The first-order chi connectivity index (χ1) is 12.4. The van der Waals surface area contributed by atoms with Gasteiger partial charge in [-0.25, -0.2) is 13.4 Å². The summed E-state index contributed by atoms with van der Waals surface area (Å²) in [5.74, 6) is 0.111. The minimum absolute atomic E-state index is 0.0363. The highest BCUT2D eigenvalue weighted by molar-refractivity contribution is 7.89. The number of hydrogen-bond donors (Lipinski definition) is 1. The maximum absolute atomic E-state index is 12.9. The van der Waals surface area contributed by atoms with E-state index in [1.165, 1.54) is 22.6 Å². The van der Waals surface area contributed by atoms with Crippen molar-refractivity contribution in [1.82, 2.24) is 18.8 Å². The molecule has 4 heterocycles. The zero-order chi connectivity index (χ0) is 18.5. The molecule has 4 rings (SSSR count). The van der Waals surface area contributed by atoms with E-state index in [1.54, 1.807) is 10.6 Å². The third-order valence-corrected chi connectivity index (χ3v) is 6.35. The molecular weight excluding hydrogens is 354 g/mol. The van der Waals surface area contributed by atoms with E-state index in [4.69, 9.17) is 5.26 Å². The fraction of sp³-hybridized carbons (Fsp3) is 0.235. The maximum Gasteiger partial charge on any atom is 0.245 e. The van der Waals surface area contributed by atoms with Crippen molar-refractivity contribution in [3.05, 3.63) is 47.5 Å². The van der Waals surface area contributed by atoms with Gasteiger partial charge in [-0.2, -0.15) is 9.57 Å². The molecule has 0 spiro atoms. The third-order valence-electron chi connectivity index (χ3n) is 4.52. The third kappa shape index (κ3) is 2.42. The Morgan fingerprint density at radius 2 is 2.04 bits per heavy atom. The van der Waals surface area contributed by atoms with Crippen LogP contribution in [0.25, 0.3) is 10.9 Å². The monoisotopic (exact) mass is 369 g/mol. The highest BCUT2D eigenvalue weighted by Crippen LogP contribution is 2.34. The van der Waals surface area contributed by atoms with Gasteiger partial charge in [0.1, 0.15) is 16.7 Å². The molecule has 1 N–H and O–H groups in total. The standard InChI is InChI=1S/C17H15N5O3S/c1-11-2-5-14-16(20-11)15-10-21(6-7-22(15)17(14)23)26(24,25)13-4-3-12(8-18)19-9-13/h2-5,9,23H,6-7,10H2,1H3. The number of hydrogen-bond acceptors (Lipinski definition) is 6. The van der Waals surface area contributed by atoms with Crippen LogP contribution < -0.4 is 0 Å². The molecule has 0 atom stereocenters. The normalized spacial score (nSPS) is 14.9. The van der Waals surface area contributed by atoms with E-state index in [0.717, 1.165) is 5.69 Å².